The normalized spacial score (nSPS) is 15.8. The van der Waals surface area contributed by atoms with Crippen LogP contribution in [0.4, 0.5) is 0 Å². The van der Waals surface area contributed by atoms with E-state index >= 15 is 0 Å². The molecule has 2 aromatic heterocycles. The third-order valence-electron chi connectivity index (χ3n) is 3.56. The fraction of sp³-hybridized carbons (Fsp3) is 0.429. The van der Waals surface area contributed by atoms with Gasteiger partial charge in [0.1, 0.15) is 22.2 Å². The molecule has 6 nitrogen and oxygen atoms in total. The van der Waals surface area contributed by atoms with Crippen molar-refractivity contribution in [3.05, 3.63) is 41.7 Å². The standard InChI is InChI=1S/C14H18N2O4S/c1-10-14(7-13(8-15)20-10)21(17,18)16(11-4-5-11)9-12-3-2-6-19-12/h2-3,6-7,11H,4-5,8-9,15H2,1H3. The molecule has 0 spiro atoms. The van der Waals surface area contributed by atoms with Crippen molar-refractivity contribution in [1.29, 1.82) is 0 Å². The fourth-order valence-corrected chi connectivity index (χ4v) is 4.17. The smallest absolute Gasteiger partial charge is 0.247 e. The average molecular weight is 310 g/mol. The summed E-state index contributed by atoms with van der Waals surface area (Å²) in [6.45, 7) is 2.06. The van der Waals surface area contributed by atoms with Crippen LogP contribution in [-0.4, -0.2) is 18.8 Å². The van der Waals surface area contributed by atoms with Crippen molar-refractivity contribution >= 4 is 10.0 Å². The van der Waals surface area contributed by atoms with Crippen LogP contribution >= 0.6 is 0 Å². The summed E-state index contributed by atoms with van der Waals surface area (Å²) in [6, 6.07) is 5.08. The number of hydrogen-bond acceptors (Lipinski definition) is 5. The van der Waals surface area contributed by atoms with E-state index in [1.807, 2.05) is 0 Å². The van der Waals surface area contributed by atoms with Gasteiger partial charge in [-0.1, -0.05) is 0 Å². The van der Waals surface area contributed by atoms with Crippen LogP contribution in [0, 0.1) is 6.92 Å². The largest absolute Gasteiger partial charge is 0.468 e. The summed E-state index contributed by atoms with van der Waals surface area (Å²) in [7, 11) is -3.61. The zero-order valence-corrected chi connectivity index (χ0v) is 12.6. The van der Waals surface area contributed by atoms with Gasteiger partial charge in [-0.05, 0) is 31.9 Å². The van der Waals surface area contributed by atoms with Gasteiger partial charge in [0.25, 0.3) is 0 Å². The second kappa shape index (κ2) is 5.32. The fourth-order valence-electron chi connectivity index (χ4n) is 2.34. The molecule has 1 saturated carbocycles. The molecule has 0 unspecified atom stereocenters. The number of nitrogens with two attached hydrogens (primary N) is 1. The Bertz CT molecular complexity index is 714. The highest BCUT2D eigenvalue weighted by Crippen LogP contribution is 2.35. The quantitative estimate of drug-likeness (QED) is 0.881. The van der Waals surface area contributed by atoms with Crippen LogP contribution in [0.15, 0.2) is 38.2 Å². The number of aryl methyl sites for hydroxylation is 1. The van der Waals surface area contributed by atoms with Crippen LogP contribution in [0.3, 0.4) is 0 Å². The predicted octanol–water partition coefficient (Wildman–Crippen LogP) is 1.99. The summed E-state index contributed by atoms with van der Waals surface area (Å²) in [5, 5.41) is 0. The summed E-state index contributed by atoms with van der Waals surface area (Å²) in [5.41, 5.74) is 5.52. The Hall–Kier alpha value is -1.57. The molecule has 2 aromatic rings. The third kappa shape index (κ3) is 2.76. The van der Waals surface area contributed by atoms with Crippen molar-refractivity contribution in [2.45, 2.75) is 43.8 Å². The summed E-state index contributed by atoms with van der Waals surface area (Å²) in [4.78, 5) is 0.196. The Labute approximate surface area is 123 Å². The van der Waals surface area contributed by atoms with Gasteiger partial charge in [0.15, 0.2) is 0 Å². The molecule has 7 heteroatoms. The summed E-state index contributed by atoms with van der Waals surface area (Å²) in [6.07, 6.45) is 3.30. The lowest BCUT2D eigenvalue weighted by molar-refractivity contribution is 0.355. The average Bonchev–Trinajstić information content (AvgIpc) is 2.99. The molecule has 0 bridgehead atoms. The first-order valence-corrected chi connectivity index (χ1v) is 8.30. The topological polar surface area (TPSA) is 89.7 Å². The second-order valence-corrected chi connectivity index (χ2v) is 7.06. The maximum Gasteiger partial charge on any atom is 0.247 e. The number of nitrogens with zero attached hydrogens (tertiary/aromatic N) is 1. The Morgan fingerprint density at radius 3 is 2.67 bits per heavy atom. The first kappa shape index (κ1) is 14.4. The molecular weight excluding hydrogens is 292 g/mol. The van der Waals surface area contributed by atoms with E-state index in [0.717, 1.165) is 12.8 Å². The summed E-state index contributed by atoms with van der Waals surface area (Å²) in [5.74, 6) is 1.48. The minimum absolute atomic E-state index is 0.0377. The van der Waals surface area contributed by atoms with Crippen LogP contribution in [0.2, 0.25) is 0 Å². The molecule has 0 atom stereocenters. The van der Waals surface area contributed by atoms with Gasteiger partial charge < -0.3 is 14.6 Å². The van der Waals surface area contributed by atoms with Crippen molar-refractivity contribution < 1.29 is 17.3 Å². The van der Waals surface area contributed by atoms with Gasteiger partial charge in [-0.15, -0.1) is 0 Å². The molecule has 0 aromatic carbocycles. The van der Waals surface area contributed by atoms with Crippen molar-refractivity contribution in [3.8, 4) is 0 Å². The Morgan fingerprint density at radius 1 is 1.38 bits per heavy atom. The lowest BCUT2D eigenvalue weighted by Gasteiger charge is -2.20. The Balaban J connectivity index is 1.95. The first-order valence-electron chi connectivity index (χ1n) is 6.86. The Kier molecular flexibility index (Phi) is 3.64. The molecule has 1 fully saturated rings. The van der Waals surface area contributed by atoms with E-state index in [-0.39, 0.29) is 24.0 Å². The molecular formula is C14H18N2O4S. The monoisotopic (exact) mass is 310 g/mol. The highest BCUT2D eigenvalue weighted by atomic mass is 32.2. The van der Waals surface area contributed by atoms with Crippen molar-refractivity contribution in [2.75, 3.05) is 0 Å². The van der Waals surface area contributed by atoms with E-state index in [9.17, 15) is 8.42 Å². The van der Waals surface area contributed by atoms with E-state index in [4.69, 9.17) is 14.6 Å². The SMILES string of the molecule is Cc1oc(CN)cc1S(=O)(=O)N(Cc1ccco1)C1CC1. The first-order chi connectivity index (χ1) is 10.0. The van der Waals surface area contributed by atoms with E-state index in [1.165, 1.54) is 10.4 Å². The molecule has 3 rings (SSSR count). The number of sulfonamides is 1. The highest BCUT2D eigenvalue weighted by molar-refractivity contribution is 7.89. The van der Waals surface area contributed by atoms with Gasteiger partial charge in [-0.3, -0.25) is 0 Å². The number of furan rings is 2. The molecule has 1 aliphatic carbocycles. The van der Waals surface area contributed by atoms with Gasteiger partial charge >= 0.3 is 0 Å². The molecule has 114 valence electrons. The molecule has 0 radical (unpaired) electrons. The highest BCUT2D eigenvalue weighted by Gasteiger charge is 2.40. The number of hydrogen-bond donors (Lipinski definition) is 1. The van der Waals surface area contributed by atoms with Crippen LogP contribution < -0.4 is 5.73 Å². The molecule has 21 heavy (non-hydrogen) atoms. The Morgan fingerprint density at radius 2 is 2.14 bits per heavy atom. The zero-order chi connectivity index (χ0) is 15.0. The van der Waals surface area contributed by atoms with Crippen molar-refractivity contribution in [2.24, 2.45) is 5.73 Å². The maximum absolute atomic E-state index is 12.9. The lowest BCUT2D eigenvalue weighted by Crippen LogP contribution is -2.32. The number of rotatable bonds is 6. The van der Waals surface area contributed by atoms with E-state index in [0.29, 0.717) is 17.3 Å². The second-order valence-electron chi connectivity index (χ2n) is 5.20. The van der Waals surface area contributed by atoms with Crippen LogP contribution in [0.1, 0.15) is 30.1 Å². The molecule has 0 aliphatic heterocycles. The van der Waals surface area contributed by atoms with Gasteiger partial charge in [-0.25, -0.2) is 8.42 Å². The van der Waals surface area contributed by atoms with Gasteiger partial charge in [0.2, 0.25) is 10.0 Å². The molecule has 0 saturated heterocycles. The minimum atomic E-state index is -3.61. The van der Waals surface area contributed by atoms with Gasteiger partial charge in [0, 0.05) is 12.1 Å². The molecule has 2 heterocycles. The third-order valence-corrected chi connectivity index (χ3v) is 5.56. The summed E-state index contributed by atoms with van der Waals surface area (Å²) < 4.78 is 37.9. The van der Waals surface area contributed by atoms with Gasteiger partial charge in [0.05, 0.1) is 19.4 Å². The van der Waals surface area contributed by atoms with Gasteiger partial charge in [-0.2, -0.15) is 4.31 Å². The predicted molar refractivity (Wildman–Crippen MR) is 75.8 cm³/mol. The van der Waals surface area contributed by atoms with Crippen LogP contribution in [0.25, 0.3) is 0 Å². The van der Waals surface area contributed by atoms with Crippen molar-refractivity contribution in [3.63, 3.8) is 0 Å². The maximum atomic E-state index is 12.9. The minimum Gasteiger partial charge on any atom is -0.468 e. The molecule has 0 amide bonds. The summed E-state index contributed by atoms with van der Waals surface area (Å²) >= 11 is 0. The van der Waals surface area contributed by atoms with Crippen LogP contribution in [0.5, 0.6) is 0 Å². The van der Waals surface area contributed by atoms with E-state index in [2.05, 4.69) is 0 Å². The van der Waals surface area contributed by atoms with Crippen LogP contribution in [-0.2, 0) is 23.1 Å². The van der Waals surface area contributed by atoms with E-state index < -0.39 is 10.0 Å². The molecule has 2 N–H and O–H groups in total. The zero-order valence-electron chi connectivity index (χ0n) is 11.8. The molecule has 1 aliphatic rings. The van der Waals surface area contributed by atoms with E-state index in [1.54, 1.807) is 25.3 Å². The van der Waals surface area contributed by atoms with Crippen molar-refractivity contribution in [1.82, 2.24) is 4.31 Å². The lowest BCUT2D eigenvalue weighted by atomic mass is 10.4.